The Morgan fingerprint density at radius 2 is 2.27 bits per heavy atom. The minimum atomic E-state index is 0.350. The Morgan fingerprint density at radius 3 is 2.80 bits per heavy atom. The second-order valence-corrected chi connectivity index (χ2v) is 5.26. The number of hydrogen-bond acceptors (Lipinski definition) is 1. The maximum atomic E-state index is 11.7. The molecule has 0 aromatic heterocycles. The molecule has 1 amide bonds. The highest BCUT2D eigenvalue weighted by Crippen LogP contribution is 2.23. The van der Waals surface area contributed by atoms with Crippen molar-refractivity contribution in [3.05, 3.63) is 0 Å². The van der Waals surface area contributed by atoms with E-state index >= 15 is 0 Å². The third-order valence-corrected chi connectivity index (χ3v) is 4.13. The largest absolute Gasteiger partial charge is 0.340 e. The van der Waals surface area contributed by atoms with Gasteiger partial charge in [-0.3, -0.25) is 4.79 Å². The molecule has 1 aliphatic heterocycles. The Bertz CT molecular complexity index is 208. The van der Waals surface area contributed by atoms with Crippen LogP contribution in [0.3, 0.4) is 0 Å². The maximum absolute atomic E-state index is 11.7. The third kappa shape index (κ3) is 3.78. The van der Waals surface area contributed by atoms with E-state index in [2.05, 4.69) is 34.7 Å². The molecule has 3 heteroatoms. The van der Waals surface area contributed by atoms with Gasteiger partial charge in [0.2, 0.25) is 5.91 Å². The number of carbonyl (C=O) groups excluding carboxylic acids is 1. The molecular weight excluding hydrogens is 254 g/mol. The van der Waals surface area contributed by atoms with Gasteiger partial charge in [0.15, 0.2) is 0 Å². The Balaban J connectivity index is 2.32. The highest BCUT2D eigenvalue weighted by atomic mass is 79.9. The molecule has 0 aromatic rings. The van der Waals surface area contributed by atoms with Crippen LogP contribution in [0.15, 0.2) is 0 Å². The number of hydrogen-bond donors (Lipinski definition) is 0. The molecule has 0 spiro atoms. The summed E-state index contributed by atoms with van der Waals surface area (Å²) in [6.45, 7) is 5.36. The SMILES string of the molecule is CCCCCC(C)N1CC(CBr)CC1=O. The summed E-state index contributed by atoms with van der Waals surface area (Å²) in [5.74, 6) is 0.884. The van der Waals surface area contributed by atoms with Gasteiger partial charge in [-0.25, -0.2) is 0 Å². The van der Waals surface area contributed by atoms with Gasteiger partial charge in [0.1, 0.15) is 0 Å². The summed E-state index contributed by atoms with van der Waals surface area (Å²) in [6, 6.07) is 0.438. The average Bonchev–Trinajstić information content (AvgIpc) is 2.60. The predicted molar refractivity (Wildman–Crippen MR) is 67.2 cm³/mol. The van der Waals surface area contributed by atoms with Crippen LogP contribution in [0.2, 0.25) is 0 Å². The van der Waals surface area contributed by atoms with Crippen molar-refractivity contribution in [2.75, 3.05) is 11.9 Å². The number of halogens is 1. The van der Waals surface area contributed by atoms with E-state index in [9.17, 15) is 4.79 Å². The first-order valence-electron chi connectivity index (χ1n) is 6.04. The lowest BCUT2D eigenvalue weighted by Gasteiger charge is -2.24. The normalized spacial score (nSPS) is 23.5. The van der Waals surface area contributed by atoms with Gasteiger partial charge < -0.3 is 4.90 Å². The molecule has 0 aliphatic carbocycles. The summed E-state index contributed by atoms with van der Waals surface area (Å²) in [5, 5.41) is 0.955. The van der Waals surface area contributed by atoms with Crippen LogP contribution in [0.4, 0.5) is 0 Å². The maximum Gasteiger partial charge on any atom is 0.223 e. The molecule has 0 aromatic carbocycles. The highest BCUT2D eigenvalue weighted by molar-refractivity contribution is 9.09. The van der Waals surface area contributed by atoms with Crippen molar-refractivity contribution in [2.24, 2.45) is 5.92 Å². The number of alkyl halides is 1. The van der Waals surface area contributed by atoms with E-state index < -0.39 is 0 Å². The van der Waals surface area contributed by atoms with Crippen molar-refractivity contribution < 1.29 is 4.79 Å². The zero-order valence-electron chi connectivity index (χ0n) is 9.84. The molecule has 1 saturated heterocycles. The zero-order valence-corrected chi connectivity index (χ0v) is 11.4. The predicted octanol–water partition coefficient (Wildman–Crippen LogP) is 3.20. The van der Waals surface area contributed by atoms with E-state index in [4.69, 9.17) is 0 Å². The van der Waals surface area contributed by atoms with Crippen molar-refractivity contribution >= 4 is 21.8 Å². The van der Waals surface area contributed by atoms with E-state index in [-0.39, 0.29) is 0 Å². The van der Waals surface area contributed by atoms with Crippen LogP contribution in [-0.2, 0) is 4.79 Å². The van der Waals surface area contributed by atoms with Crippen LogP contribution in [-0.4, -0.2) is 28.7 Å². The van der Waals surface area contributed by atoms with Gasteiger partial charge in [0.05, 0.1) is 0 Å². The number of carbonyl (C=O) groups is 1. The molecule has 0 radical (unpaired) electrons. The second-order valence-electron chi connectivity index (χ2n) is 4.62. The Kier molecular flexibility index (Phi) is 5.65. The quantitative estimate of drug-likeness (QED) is 0.539. The molecule has 0 N–H and O–H groups in total. The van der Waals surface area contributed by atoms with Crippen LogP contribution >= 0.6 is 15.9 Å². The Morgan fingerprint density at radius 1 is 1.53 bits per heavy atom. The lowest BCUT2D eigenvalue weighted by atomic mass is 10.1. The molecule has 15 heavy (non-hydrogen) atoms. The molecule has 0 bridgehead atoms. The summed E-state index contributed by atoms with van der Waals surface area (Å²) >= 11 is 3.47. The fourth-order valence-electron chi connectivity index (χ4n) is 2.18. The number of nitrogens with zero attached hydrogens (tertiary/aromatic N) is 1. The Hall–Kier alpha value is -0.0500. The molecule has 2 nitrogen and oxygen atoms in total. The number of rotatable bonds is 6. The monoisotopic (exact) mass is 275 g/mol. The molecule has 1 fully saturated rings. The van der Waals surface area contributed by atoms with Crippen LogP contribution < -0.4 is 0 Å². The molecule has 88 valence electrons. The molecule has 1 heterocycles. The average molecular weight is 276 g/mol. The molecule has 2 unspecified atom stereocenters. The first-order chi connectivity index (χ1) is 7.19. The smallest absolute Gasteiger partial charge is 0.223 e. The summed E-state index contributed by atoms with van der Waals surface area (Å²) in [4.78, 5) is 13.8. The molecule has 1 rings (SSSR count). The van der Waals surface area contributed by atoms with Gasteiger partial charge >= 0.3 is 0 Å². The third-order valence-electron chi connectivity index (χ3n) is 3.21. The van der Waals surface area contributed by atoms with Gasteiger partial charge in [-0.05, 0) is 19.3 Å². The number of likely N-dealkylation sites (tertiary alicyclic amines) is 1. The summed E-state index contributed by atoms with van der Waals surface area (Å²) in [6.07, 6.45) is 5.69. The van der Waals surface area contributed by atoms with Gasteiger partial charge in [-0.1, -0.05) is 42.1 Å². The van der Waals surface area contributed by atoms with Gasteiger partial charge in [-0.2, -0.15) is 0 Å². The van der Waals surface area contributed by atoms with Crippen molar-refractivity contribution in [3.8, 4) is 0 Å². The first-order valence-corrected chi connectivity index (χ1v) is 7.16. The molecule has 2 atom stereocenters. The van der Waals surface area contributed by atoms with Crippen LogP contribution in [0.5, 0.6) is 0 Å². The van der Waals surface area contributed by atoms with Crippen LogP contribution in [0, 0.1) is 5.92 Å². The van der Waals surface area contributed by atoms with E-state index in [1.807, 2.05) is 0 Å². The van der Waals surface area contributed by atoms with Crippen LogP contribution in [0.25, 0.3) is 0 Å². The van der Waals surface area contributed by atoms with E-state index in [1.54, 1.807) is 0 Å². The lowest BCUT2D eigenvalue weighted by Crippen LogP contribution is -2.34. The standard InChI is InChI=1S/C12H22BrNO/c1-3-4-5-6-10(2)14-9-11(8-13)7-12(14)15/h10-11H,3-9H2,1-2H3. The number of unbranched alkanes of at least 4 members (excludes halogenated alkanes) is 2. The van der Waals surface area contributed by atoms with Crippen molar-refractivity contribution in [3.63, 3.8) is 0 Å². The van der Waals surface area contributed by atoms with E-state index in [0.717, 1.165) is 24.7 Å². The minimum Gasteiger partial charge on any atom is -0.340 e. The van der Waals surface area contributed by atoms with Gasteiger partial charge in [-0.15, -0.1) is 0 Å². The van der Waals surface area contributed by atoms with Crippen LogP contribution in [0.1, 0.15) is 46.0 Å². The minimum absolute atomic E-state index is 0.350. The fourth-order valence-corrected chi connectivity index (χ4v) is 2.62. The second kappa shape index (κ2) is 6.51. The van der Waals surface area contributed by atoms with E-state index in [1.165, 1.54) is 19.3 Å². The highest BCUT2D eigenvalue weighted by Gasteiger charge is 2.31. The first kappa shape index (κ1) is 13.0. The molecule has 0 saturated carbocycles. The van der Waals surface area contributed by atoms with E-state index in [0.29, 0.717) is 17.9 Å². The summed E-state index contributed by atoms with van der Waals surface area (Å²) in [7, 11) is 0. The van der Waals surface area contributed by atoms with Gasteiger partial charge in [0, 0.05) is 24.3 Å². The van der Waals surface area contributed by atoms with Gasteiger partial charge in [0.25, 0.3) is 0 Å². The fraction of sp³-hybridized carbons (Fsp3) is 0.917. The topological polar surface area (TPSA) is 20.3 Å². The summed E-state index contributed by atoms with van der Waals surface area (Å²) < 4.78 is 0. The van der Waals surface area contributed by atoms with Crippen molar-refractivity contribution in [2.45, 2.75) is 52.0 Å². The lowest BCUT2D eigenvalue weighted by molar-refractivity contribution is -0.129. The Labute approximate surface area is 102 Å². The zero-order chi connectivity index (χ0) is 11.3. The molecular formula is C12H22BrNO. The van der Waals surface area contributed by atoms with Crippen molar-refractivity contribution in [1.29, 1.82) is 0 Å². The van der Waals surface area contributed by atoms with Crippen molar-refractivity contribution in [1.82, 2.24) is 4.90 Å². The molecule has 1 aliphatic rings. The number of amides is 1. The summed E-state index contributed by atoms with van der Waals surface area (Å²) in [5.41, 5.74) is 0.